The summed E-state index contributed by atoms with van der Waals surface area (Å²) in [6.45, 7) is 5.69. The maximum absolute atomic E-state index is 12.5. The normalized spacial score (nSPS) is 15.1. The highest BCUT2D eigenvalue weighted by atomic mass is 32.2. The molecule has 3 aromatic rings. The Labute approximate surface area is 171 Å². The lowest BCUT2D eigenvalue weighted by atomic mass is 10.1. The maximum Gasteiger partial charge on any atom is 0.240 e. The van der Waals surface area contributed by atoms with Crippen molar-refractivity contribution in [3.05, 3.63) is 77.4 Å². The zero-order valence-electron chi connectivity index (χ0n) is 16.5. The first-order valence-corrected chi connectivity index (χ1v) is 11.2. The second-order valence-electron chi connectivity index (χ2n) is 7.27. The molecule has 8 heteroatoms. The summed E-state index contributed by atoms with van der Waals surface area (Å²) >= 11 is 0. The molecule has 0 atom stereocenters. The summed E-state index contributed by atoms with van der Waals surface area (Å²) < 4.78 is 29.6. The van der Waals surface area contributed by atoms with Crippen molar-refractivity contribution in [1.82, 2.24) is 24.4 Å². The zero-order chi connectivity index (χ0) is 20.3. The number of rotatable bonds is 6. The third kappa shape index (κ3) is 4.55. The summed E-state index contributed by atoms with van der Waals surface area (Å²) in [7, 11) is -3.57. The SMILES string of the molecule is Cc1ccccc1CN1CCc2nnc(CNS(=O)(=O)c3ccccc3)n2CC1. The largest absolute Gasteiger partial charge is 0.313 e. The zero-order valence-corrected chi connectivity index (χ0v) is 17.3. The van der Waals surface area contributed by atoms with Crippen LogP contribution in [0.25, 0.3) is 0 Å². The van der Waals surface area contributed by atoms with E-state index in [0.29, 0.717) is 5.82 Å². The fourth-order valence-corrected chi connectivity index (χ4v) is 4.59. The Morgan fingerprint density at radius 1 is 0.966 bits per heavy atom. The molecule has 152 valence electrons. The van der Waals surface area contributed by atoms with Gasteiger partial charge in [-0.25, -0.2) is 13.1 Å². The maximum atomic E-state index is 12.5. The lowest BCUT2D eigenvalue weighted by Gasteiger charge is -2.20. The number of nitrogens with one attached hydrogen (secondary N) is 1. The van der Waals surface area contributed by atoms with E-state index < -0.39 is 10.0 Å². The number of hydrogen-bond acceptors (Lipinski definition) is 5. The number of aromatic nitrogens is 3. The molecule has 7 nitrogen and oxygen atoms in total. The Bertz CT molecular complexity index is 1080. The number of sulfonamides is 1. The number of aryl methyl sites for hydroxylation is 1. The van der Waals surface area contributed by atoms with Crippen molar-refractivity contribution in [1.29, 1.82) is 0 Å². The van der Waals surface area contributed by atoms with Gasteiger partial charge in [-0.15, -0.1) is 10.2 Å². The molecule has 0 fully saturated rings. The summed E-state index contributed by atoms with van der Waals surface area (Å²) in [6.07, 6.45) is 0.796. The Morgan fingerprint density at radius 2 is 1.72 bits per heavy atom. The smallest absolute Gasteiger partial charge is 0.240 e. The first-order valence-electron chi connectivity index (χ1n) is 9.75. The summed E-state index contributed by atoms with van der Waals surface area (Å²) in [6, 6.07) is 16.8. The van der Waals surface area contributed by atoms with Crippen LogP contribution >= 0.6 is 0 Å². The van der Waals surface area contributed by atoms with E-state index in [1.807, 2.05) is 4.57 Å². The molecule has 0 saturated heterocycles. The van der Waals surface area contributed by atoms with Gasteiger partial charge in [0.25, 0.3) is 0 Å². The van der Waals surface area contributed by atoms with Gasteiger partial charge in [-0.3, -0.25) is 4.90 Å². The Hall–Kier alpha value is -2.55. The summed E-state index contributed by atoms with van der Waals surface area (Å²) in [4.78, 5) is 2.66. The van der Waals surface area contributed by atoms with Gasteiger partial charge in [-0.1, -0.05) is 42.5 Å². The van der Waals surface area contributed by atoms with Crippen molar-refractivity contribution in [3.8, 4) is 0 Å². The number of hydrogen-bond donors (Lipinski definition) is 1. The van der Waals surface area contributed by atoms with E-state index in [0.717, 1.165) is 38.4 Å². The number of fused-ring (bicyclic) bond motifs is 1. The molecule has 0 amide bonds. The molecule has 0 aliphatic carbocycles. The predicted molar refractivity (Wildman–Crippen MR) is 111 cm³/mol. The average molecular weight is 412 g/mol. The first-order chi connectivity index (χ1) is 14.0. The Balaban J connectivity index is 1.42. The van der Waals surface area contributed by atoms with Gasteiger partial charge in [0.05, 0.1) is 11.4 Å². The van der Waals surface area contributed by atoms with Crippen molar-refractivity contribution in [2.24, 2.45) is 0 Å². The highest BCUT2D eigenvalue weighted by Gasteiger charge is 2.21. The molecule has 1 aliphatic heterocycles. The van der Waals surface area contributed by atoms with Crippen molar-refractivity contribution in [3.63, 3.8) is 0 Å². The lowest BCUT2D eigenvalue weighted by molar-refractivity contribution is 0.270. The fraction of sp³-hybridized carbons (Fsp3) is 0.333. The molecule has 4 rings (SSSR count). The fourth-order valence-electron chi connectivity index (χ4n) is 3.59. The minimum atomic E-state index is -3.57. The van der Waals surface area contributed by atoms with Gasteiger partial charge in [0.15, 0.2) is 0 Å². The predicted octanol–water partition coefficient (Wildman–Crippen LogP) is 2.12. The van der Waals surface area contributed by atoms with Crippen LogP contribution in [0.2, 0.25) is 0 Å². The van der Waals surface area contributed by atoms with Crippen molar-refractivity contribution in [2.45, 2.75) is 37.9 Å². The number of benzene rings is 2. The Kier molecular flexibility index (Phi) is 5.75. The molecule has 1 N–H and O–H groups in total. The van der Waals surface area contributed by atoms with Gasteiger partial charge >= 0.3 is 0 Å². The quantitative estimate of drug-likeness (QED) is 0.672. The van der Waals surface area contributed by atoms with E-state index in [9.17, 15) is 8.42 Å². The second-order valence-corrected chi connectivity index (χ2v) is 9.04. The lowest BCUT2D eigenvalue weighted by Crippen LogP contribution is -2.28. The van der Waals surface area contributed by atoms with Gasteiger partial charge in [0, 0.05) is 32.6 Å². The van der Waals surface area contributed by atoms with Crippen molar-refractivity contribution in [2.75, 3.05) is 13.1 Å². The topological polar surface area (TPSA) is 80.1 Å². The molecule has 2 aromatic carbocycles. The summed E-state index contributed by atoms with van der Waals surface area (Å²) in [5.41, 5.74) is 2.63. The van der Waals surface area contributed by atoms with Crippen LogP contribution in [0.1, 0.15) is 22.8 Å². The van der Waals surface area contributed by atoms with E-state index in [1.165, 1.54) is 11.1 Å². The molecule has 0 spiro atoms. The van der Waals surface area contributed by atoms with E-state index in [-0.39, 0.29) is 11.4 Å². The molecule has 29 heavy (non-hydrogen) atoms. The van der Waals surface area contributed by atoms with Crippen LogP contribution in [0.15, 0.2) is 59.5 Å². The number of nitrogens with zero attached hydrogens (tertiary/aromatic N) is 4. The molecule has 0 unspecified atom stereocenters. The van der Waals surface area contributed by atoms with E-state index in [4.69, 9.17) is 0 Å². The van der Waals surface area contributed by atoms with E-state index in [2.05, 4.69) is 51.0 Å². The molecular formula is C21H25N5O2S. The minimum Gasteiger partial charge on any atom is -0.313 e. The summed E-state index contributed by atoms with van der Waals surface area (Å²) in [5, 5.41) is 8.53. The van der Waals surface area contributed by atoms with Crippen LogP contribution in [-0.4, -0.2) is 41.2 Å². The highest BCUT2D eigenvalue weighted by Crippen LogP contribution is 2.15. The standard InChI is InChI=1S/C21H25N5O2S/c1-17-7-5-6-8-18(17)16-25-12-11-20-23-24-21(26(20)14-13-25)15-22-29(27,28)19-9-3-2-4-10-19/h2-10,22H,11-16H2,1H3. The van der Waals surface area contributed by atoms with E-state index >= 15 is 0 Å². The van der Waals surface area contributed by atoms with Crippen LogP contribution < -0.4 is 4.72 Å². The third-order valence-corrected chi connectivity index (χ3v) is 6.74. The van der Waals surface area contributed by atoms with Crippen LogP contribution in [-0.2, 0) is 36.1 Å². The second kappa shape index (κ2) is 8.44. The van der Waals surface area contributed by atoms with Crippen LogP contribution in [0.3, 0.4) is 0 Å². The molecule has 0 bridgehead atoms. The van der Waals surface area contributed by atoms with Crippen LogP contribution in [0, 0.1) is 6.92 Å². The first kappa shape index (κ1) is 19.8. The van der Waals surface area contributed by atoms with E-state index in [1.54, 1.807) is 30.3 Å². The molecule has 1 aliphatic rings. The van der Waals surface area contributed by atoms with Gasteiger partial charge in [-0.05, 0) is 30.2 Å². The van der Waals surface area contributed by atoms with Gasteiger partial charge < -0.3 is 4.57 Å². The van der Waals surface area contributed by atoms with Crippen molar-refractivity contribution < 1.29 is 8.42 Å². The van der Waals surface area contributed by atoms with Gasteiger partial charge in [0.1, 0.15) is 11.6 Å². The highest BCUT2D eigenvalue weighted by molar-refractivity contribution is 7.89. The van der Waals surface area contributed by atoms with Crippen LogP contribution in [0.5, 0.6) is 0 Å². The molecule has 1 aromatic heterocycles. The van der Waals surface area contributed by atoms with Gasteiger partial charge in [0.2, 0.25) is 10.0 Å². The monoisotopic (exact) mass is 411 g/mol. The van der Waals surface area contributed by atoms with Gasteiger partial charge in [-0.2, -0.15) is 0 Å². The molecular weight excluding hydrogens is 386 g/mol. The molecule has 0 radical (unpaired) electrons. The minimum absolute atomic E-state index is 0.127. The summed E-state index contributed by atoms with van der Waals surface area (Å²) in [5.74, 6) is 1.56. The third-order valence-electron chi connectivity index (χ3n) is 5.32. The Morgan fingerprint density at radius 3 is 2.52 bits per heavy atom. The average Bonchev–Trinajstić information content (AvgIpc) is 3.01. The van der Waals surface area contributed by atoms with Crippen molar-refractivity contribution >= 4 is 10.0 Å². The van der Waals surface area contributed by atoms with Crippen LogP contribution in [0.4, 0.5) is 0 Å². The molecule has 2 heterocycles. The molecule has 0 saturated carbocycles.